The van der Waals surface area contributed by atoms with E-state index in [1.807, 2.05) is 34.6 Å². The number of carbonyl (C=O) groups is 1. The minimum absolute atomic E-state index is 0. The van der Waals surface area contributed by atoms with Crippen LogP contribution in [0.25, 0.3) is 0 Å². The number of guanidine groups is 1. The Bertz CT molecular complexity index is 506. The van der Waals surface area contributed by atoms with Crippen LogP contribution >= 0.6 is 24.0 Å². The summed E-state index contributed by atoms with van der Waals surface area (Å²) in [7, 11) is 1.76. The molecule has 0 aliphatic carbocycles. The van der Waals surface area contributed by atoms with Gasteiger partial charge in [0.05, 0.1) is 5.54 Å². The largest absolute Gasteiger partial charge is 0.444 e. The maximum Gasteiger partial charge on any atom is 0.408 e. The van der Waals surface area contributed by atoms with E-state index in [-0.39, 0.29) is 24.0 Å². The Hall–Kier alpha value is -0.770. The predicted molar refractivity (Wildman–Crippen MR) is 132 cm³/mol. The highest BCUT2D eigenvalue weighted by Crippen LogP contribution is 2.15. The molecule has 7 nitrogen and oxygen atoms in total. The topological polar surface area (TPSA) is 78.0 Å². The van der Waals surface area contributed by atoms with Gasteiger partial charge in [0.15, 0.2) is 5.96 Å². The zero-order chi connectivity index (χ0) is 21.2. The first-order valence-corrected chi connectivity index (χ1v) is 10.7. The summed E-state index contributed by atoms with van der Waals surface area (Å²) in [4.78, 5) is 18.8. The van der Waals surface area contributed by atoms with Crippen LogP contribution in [0.4, 0.5) is 4.79 Å². The van der Waals surface area contributed by atoms with Crippen LogP contribution in [0.3, 0.4) is 0 Å². The molecule has 29 heavy (non-hydrogen) atoms. The summed E-state index contributed by atoms with van der Waals surface area (Å²) < 4.78 is 5.33. The van der Waals surface area contributed by atoms with Gasteiger partial charge in [-0.25, -0.2) is 4.79 Å². The normalized spacial score (nSPS) is 18.6. The highest BCUT2D eigenvalue weighted by atomic mass is 127. The van der Waals surface area contributed by atoms with Crippen molar-refractivity contribution in [2.24, 2.45) is 10.9 Å². The zero-order valence-electron chi connectivity index (χ0n) is 19.6. The highest BCUT2D eigenvalue weighted by Gasteiger charge is 2.24. The minimum atomic E-state index is -0.503. The number of carbonyl (C=O) groups excluding carboxylic acids is 1. The molecule has 0 saturated carbocycles. The SMILES string of the molecule is CN=C(NCCCCN1CCCC(C)C1)NCC(C)(C)NC(=O)OC(C)(C)C.I. The molecule has 0 aromatic rings. The Morgan fingerprint density at radius 3 is 2.45 bits per heavy atom. The highest BCUT2D eigenvalue weighted by molar-refractivity contribution is 14.0. The lowest BCUT2D eigenvalue weighted by Crippen LogP contribution is -2.54. The van der Waals surface area contributed by atoms with Crippen molar-refractivity contribution in [3.8, 4) is 0 Å². The van der Waals surface area contributed by atoms with Crippen LogP contribution in [0.15, 0.2) is 4.99 Å². The van der Waals surface area contributed by atoms with Crippen molar-refractivity contribution in [3.63, 3.8) is 0 Å². The second-order valence-electron chi connectivity index (χ2n) is 9.62. The molecular formula is C21H44IN5O2. The van der Waals surface area contributed by atoms with E-state index in [2.05, 4.69) is 32.8 Å². The fourth-order valence-corrected chi connectivity index (χ4v) is 3.31. The molecule has 1 amide bonds. The van der Waals surface area contributed by atoms with Crippen molar-refractivity contribution >= 4 is 36.0 Å². The molecule has 0 aromatic heterocycles. The first-order chi connectivity index (χ1) is 13.0. The zero-order valence-corrected chi connectivity index (χ0v) is 21.9. The summed E-state index contributed by atoms with van der Waals surface area (Å²) in [6.45, 7) is 17.0. The minimum Gasteiger partial charge on any atom is -0.444 e. The van der Waals surface area contributed by atoms with Gasteiger partial charge in [-0.3, -0.25) is 4.99 Å². The number of unbranched alkanes of at least 4 members (excludes halogenated alkanes) is 1. The van der Waals surface area contributed by atoms with Gasteiger partial charge < -0.3 is 25.6 Å². The first-order valence-electron chi connectivity index (χ1n) is 10.7. The monoisotopic (exact) mass is 525 g/mol. The summed E-state index contributed by atoms with van der Waals surface area (Å²) in [6, 6.07) is 0. The maximum absolute atomic E-state index is 12.0. The van der Waals surface area contributed by atoms with Crippen molar-refractivity contribution in [2.45, 2.75) is 78.4 Å². The van der Waals surface area contributed by atoms with Crippen molar-refractivity contribution in [1.29, 1.82) is 0 Å². The average Bonchev–Trinajstić information content (AvgIpc) is 2.55. The second kappa shape index (κ2) is 13.5. The summed E-state index contributed by atoms with van der Waals surface area (Å²) in [5.41, 5.74) is -0.956. The lowest BCUT2D eigenvalue weighted by atomic mass is 10.0. The standard InChI is InChI=1S/C21H43N5O2.HI/c1-17-11-10-14-26(15-17)13-9-8-12-23-18(22-7)24-16-21(5,6)25-19(27)28-20(2,3)4;/h17H,8-16H2,1-7H3,(H,25,27)(H2,22,23,24);1H. The van der Waals surface area contributed by atoms with Crippen LogP contribution < -0.4 is 16.0 Å². The number of amides is 1. The molecule has 1 rings (SSSR count). The number of rotatable bonds is 8. The fraction of sp³-hybridized carbons (Fsp3) is 0.905. The number of likely N-dealkylation sites (tertiary alicyclic amines) is 1. The van der Waals surface area contributed by atoms with Crippen LogP contribution in [0, 0.1) is 5.92 Å². The van der Waals surface area contributed by atoms with E-state index in [1.165, 1.54) is 38.9 Å². The molecule has 172 valence electrons. The molecule has 1 atom stereocenters. The third-order valence-corrected chi connectivity index (χ3v) is 4.70. The van der Waals surface area contributed by atoms with Crippen LogP contribution in [0.2, 0.25) is 0 Å². The molecular weight excluding hydrogens is 481 g/mol. The fourth-order valence-electron chi connectivity index (χ4n) is 3.31. The van der Waals surface area contributed by atoms with Gasteiger partial charge in [-0.15, -0.1) is 24.0 Å². The quantitative estimate of drug-likeness (QED) is 0.196. The Labute approximate surface area is 195 Å². The average molecular weight is 526 g/mol. The van der Waals surface area contributed by atoms with Gasteiger partial charge in [0, 0.05) is 26.7 Å². The molecule has 1 fully saturated rings. The van der Waals surface area contributed by atoms with E-state index in [0.717, 1.165) is 24.8 Å². The van der Waals surface area contributed by atoms with Crippen LogP contribution in [-0.4, -0.2) is 67.9 Å². The van der Waals surface area contributed by atoms with Crippen molar-refractivity contribution in [3.05, 3.63) is 0 Å². The van der Waals surface area contributed by atoms with Crippen molar-refractivity contribution in [2.75, 3.05) is 39.8 Å². The van der Waals surface area contributed by atoms with E-state index in [4.69, 9.17) is 4.74 Å². The summed E-state index contributed by atoms with van der Waals surface area (Å²) in [5.74, 6) is 1.60. The molecule has 0 spiro atoms. The van der Waals surface area contributed by atoms with Gasteiger partial charge in [0.2, 0.25) is 0 Å². The maximum atomic E-state index is 12.0. The van der Waals surface area contributed by atoms with Gasteiger partial charge in [-0.05, 0) is 79.3 Å². The van der Waals surface area contributed by atoms with Gasteiger partial charge in [-0.2, -0.15) is 0 Å². The third kappa shape index (κ3) is 14.0. The second-order valence-corrected chi connectivity index (χ2v) is 9.62. The van der Waals surface area contributed by atoms with Gasteiger partial charge in [0.1, 0.15) is 5.60 Å². The Morgan fingerprint density at radius 2 is 1.86 bits per heavy atom. The van der Waals surface area contributed by atoms with Crippen LogP contribution in [0.1, 0.15) is 67.2 Å². The molecule has 3 N–H and O–H groups in total. The van der Waals surface area contributed by atoms with Gasteiger partial charge in [0.25, 0.3) is 0 Å². The Balaban J connectivity index is 0.00000784. The number of ether oxygens (including phenoxy) is 1. The van der Waals surface area contributed by atoms with Gasteiger partial charge >= 0.3 is 6.09 Å². The Kier molecular flexibility index (Phi) is 13.2. The summed E-state index contributed by atoms with van der Waals surface area (Å²) >= 11 is 0. The molecule has 1 aliphatic rings. The molecule has 0 radical (unpaired) electrons. The lowest BCUT2D eigenvalue weighted by Gasteiger charge is -2.30. The summed E-state index contributed by atoms with van der Waals surface area (Å²) in [6.07, 6.45) is 4.62. The Morgan fingerprint density at radius 1 is 1.17 bits per heavy atom. The van der Waals surface area contributed by atoms with Crippen molar-refractivity contribution in [1.82, 2.24) is 20.9 Å². The number of halogens is 1. The van der Waals surface area contributed by atoms with Crippen LogP contribution in [0.5, 0.6) is 0 Å². The lowest BCUT2D eigenvalue weighted by molar-refractivity contribution is 0.0474. The number of nitrogens with zero attached hydrogens (tertiary/aromatic N) is 2. The number of hydrogen-bond acceptors (Lipinski definition) is 4. The van der Waals surface area contributed by atoms with E-state index in [9.17, 15) is 4.79 Å². The van der Waals surface area contributed by atoms with E-state index in [1.54, 1.807) is 7.05 Å². The smallest absolute Gasteiger partial charge is 0.408 e. The van der Waals surface area contributed by atoms with E-state index in [0.29, 0.717) is 6.54 Å². The number of aliphatic imine (C=N–C) groups is 1. The molecule has 1 saturated heterocycles. The molecule has 0 aromatic carbocycles. The van der Waals surface area contributed by atoms with E-state index < -0.39 is 17.2 Å². The van der Waals surface area contributed by atoms with E-state index >= 15 is 0 Å². The predicted octanol–water partition coefficient (Wildman–Crippen LogP) is 3.58. The molecule has 1 heterocycles. The molecule has 0 bridgehead atoms. The first kappa shape index (κ1) is 28.2. The number of hydrogen-bond donors (Lipinski definition) is 3. The third-order valence-electron chi connectivity index (χ3n) is 4.70. The van der Waals surface area contributed by atoms with Crippen LogP contribution in [-0.2, 0) is 4.74 Å². The molecule has 1 unspecified atom stereocenters. The number of piperidine rings is 1. The molecule has 8 heteroatoms. The summed E-state index contributed by atoms with van der Waals surface area (Å²) in [5, 5.41) is 9.54. The van der Waals surface area contributed by atoms with Gasteiger partial charge in [-0.1, -0.05) is 6.92 Å². The number of nitrogens with one attached hydrogen (secondary N) is 3. The number of alkyl carbamates (subject to hydrolysis) is 1. The van der Waals surface area contributed by atoms with Crippen molar-refractivity contribution < 1.29 is 9.53 Å². The molecule has 1 aliphatic heterocycles.